The molecule has 19 heavy (non-hydrogen) atoms. The van der Waals surface area contributed by atoms with Gasteiger partial charge in [0.2, 0.25) is 8.32 Å². The van der Waals surface area contributed by atoms with Gasteiger partial charge in [0.25, 0.3) is 0 Å². The highest BCUT2D eigenvalue weighted by molar-refractivity contribution is 7.30. The third-order valence-electron chi connectivity index (χ3n) is 3.25. The van der Waals surface area contributed by atoms with Crippen molar-refractivity contribution in [3.05, 3.63) is 22.9 Å². The summed E-state index contributed by atoms with van der Waals surface area (Å²) < 4.78 is 6.58. The predicted molar refractivity (Wildman–Crippen MR) is 93.9 cm³/mol. The second-order valence-electron chi connectivity index (χ2n) is 7.26. The Morgan fingerprint density at radius 2 is 1.53 bits per heavy atom. The third-order valence-corrected chi connectivity index (χ3v) is 14.0. The lowest BCUT2D eigenvalue weighted by molar-refractivity contribution is 0.562. The first-order valence-corrected chi connectivity index (χ1v) is 16.8. The summed E-state index contributed by atoms with van der Waals surface area (Å²) in [6.45, 7) is 19.0. The van der Waals surface area contributed by atoms with Gasteiger partial charge in [-0.3, -0.25) is 0 Å². The van der Waals surface area contributed by atoms with Crippen LogP contribution in [0.3, 0.4) is 0 Å². The predicted octanol–water partition coefficient (Wildman–Crippen LogP) is 4.73. The Balaban J connectivity index is 3.53. The first-order valence-electron chi connectivity index (χ1n) is 7.44. The minimum Gasteiger partial charge on any atom is -0.548 e. The van der Waals surface area contributed by atoms with E-state index in [9.17, 15) is 0 Å². The largest absolute Gasteiger partial charge is 0.548 e. The zero-order valence-electron chi connectivity index (χ0n) is 14.0. The molecular formula is C15H30OSi3. The molecule has 1 nitrogen and oxygen atoms in total. The zero-order valence-corrected chi connectivity index (χ0v) is 17.0. The zero-order chi connectivity index (χ0) is 14.8. The van der Waals surface area contributed by atoms with E-state index in [0.717, 1.165) is 6.42 Å². The van der Waals surface area contributed by atoms with E-state index in [1.165, 1.54) is 17.3 Å². The molecule has 0 fully saturated rings. The van der Waals surface area contributed by atoms with Crippen LogP contribution in [0.5, 0.6) is 5.36 Å². The number of aryl methyl sites for hydroxylation is 2. The maximum atomic E-state index is 6.58. The molecule has 0 aliphatic rings. The molecule has 0 N–H and O–H groups in total. The van der Waals surface area contributed by atoms with E-state index in [1.54, 1.807) is 5.17 Å². The van der Waals surface area contributed by atoms with Crippen molar-refractivity contribution in [3.8, 4) is 5.36 Å². The maximum Gasteiger partial charge on any atom is 0.241 e. The maximum absolute atomic E-state index is 6.58. The van der Waals surface area contributed by atoms with Crippen LogP contribution in [0.2, 0.25) is 39.3 Å². The summed E-state index contributed by atoms with van der Waals surface area (Å²) in [5, 5.41) is 3.10. The summed E-state index contributed by atoms with van der Waals surface area (Å²) in [5.74, 6) is 0. The lowest BCUT2D eigenvalue weighted by Gasteiger charge is -2.30. The van der Waals surface area contributed by atoms with Gasteiger partial charge in [0.05, 0.1) is 20.9 Å². The van der Waals surface area contributed by atoms with Gasteiger partial charge in [0.1, 0.15) is 0 Å². The summed E-state index contributed by atoms with van der Waals surface area (Å²) in [6.07, 6.45) is 2.29. The summed E-state index contributed by atoms with van der Waals surface area (Å²) in [7, 11) is -3.36. The SMILES string of the molecule is CCc1ccc(CC)[si]([Si](C)(C)C)c1O[Si](C)(C)C. The molecule has 0 amide bonds. The molecule has 0 atom stereocenters. The van der Waals surface area contributed by atoms with E-state index in [4.69, 9.17) is 4.43 Å². The van der Waals surface area contributed by atoms with E-state index in [0.29, 0.717) is 0 Å². The normalized spacial score (nSPS) is 12.6. The van der Waals surface area contributed by atoms with Gasteiger partial charge < -0.3 is 4.43 Å². The lowest BCUT2D eigenvalue weighted by Crippen LogP contribution is -2.40. The van der Waals surface area contributed by atoms with Crippen LogP contribution in [0.1, 0.15) is 24.6 Å². The molecule has 0 bridgehead atoms. The average Bonchev–Trinajstić information content (AvgIpc) is 2.24. The minimum atomic E-state index is -1.52. The smallest absolute Gasteiger partial charge is 0.241 e. The third kappa shape index (κ3) is 4.39. The van der Waals surface area contributed by atoms with Gasteiger partial charge in [0.15, 0.2) is 0 Å². The van der Waals surface area contributed by atoms with E-state index < -0.39 is 23.8 Å². The van der Waals surface area contributed by atoms with Crippen molar-refractivity contribution in [2.24, 2.45) is 0 Å². The summed E-state index contributed by atoms with van der Waals surface area (Å²) in [5.41, 5.74) is 1.47. The summed E-state index contributed by atoms with van der Waals surface area (Å²) in [6, 6.07) is 4.73. The second kappa shape index (κ2) is 6.06. The molecule has 0 unspecified atom stereocenters. The Morgan fingerprint density at radius 3 is 1.89 bits per heavy atom. The quantitative estimate of drug-likeness (QED) is 0.714. The fourth-order valence-corrected chi connectivity index (χ4v) is 14.3. The molecule has 1 heterocycles. The molecule has 0 radical (unpaired) electrons. The topological polar surface area (TPSA) is 9.23 Å². The van der Waals surface area contributed by atoms with E-state index in [2.05, 4.69) is 65.3 Å². The van der Waals surface area contributed by atoms with Crippen LogP contribution in [0.25, 0.3) is 0 Å². The van der Waals surface area contributed by atoms with Crippen LogP contribution in [-0.4, -0.2) is 23.8 Å². The highest BCUT2D eigenvalue weighted by atomic mass is 29.2. The molecule has 4 heteroatoms. The Hall–Kier alpha value is -0.199. The first kappa shape index (κ1) is 16.9. The van der Waals surface area contributed by atoms with Gasteiger partial charge in [0, 0.05) is 0 Å². The summed E-state index contributed by atoms with van der Waals surface area (Å²) in [4.78, 5) is 0. The molecule has 0 aliphatic heterocycles. The van der Waals surface area contributed by atoms with Crippen LogP contribution in [0.4, 0.5) is 0 Å². The van der Waals surface area contributed by atoms with Gasteiger partial charge in [-0.15, -0.1) is 0 Å². The van der Waals surface area contributed by atoms with Crippen molar-refractivity contribution in [3.63, 3.8) is 0 Å². The van der Waals surface area contributed by atoms with Gasteiger partial charge in [-0.05, 0) is 38.0 Å². The van der Waals surface area contributed by atoms with Crippen molar-refractivity contribution in [1.82, 2.24) is 0 Å². The van der Waals surface area contributed by atoms with Gasteiger partial charge >= 0.3 is 0 Å². The Kier molecular flexibility index (Phi) is 5.37. The highest BCUT2D eigenvalue weighted by Crippen LogP contribution is 2.28. The fourth-order valence-electron chi connectivity index (χ4n) is 2.48. The fraction of sp³-hybridized carbons (Fsp3) is 0.667. The van der Waals surface area contributed by atoms with E-state index in [1.807, 2.05) is 0 Å². The first-order chi connectivity index (χ1) is 8.60. The van der Waals surface area contributed by atoms with Crippen molar-refractivity contribution in [1.29, 1.82) is 0 Å². The Morgan fingerprint density at radius 1 is 0.947 bits per heavy atom. The van der Waals surface area contributed by atoms with Crippen LogP contribution in [0.15, 0.2) is 12.1 Å². The standard InChI is InChI=1S/C15H30OSi3/c1-9-13-11-12-14(10-2)17(19(6,7)8)15(13)16-18(3,4)5/h11-12H,9-10H2,1-8H3. The molecule has 0 aromatic carbocycles. The lowest BCUT2D eigenvalue weighted by atomic mass is 10.2. The van der Waals surface area contributed by atoms with Crippen molar-refractivity contribution in [2.45, 2.75) is 66.0 Å². The number of rotatable bonds is 5. The van der Waals surface area contributed by atoms with Crippen LogP contribution in [-0.2, 0) is 12.8 Å². The van der Waals surface area contributed by atoms with Crippen molar-refractivity contribution in [2.75, 3.05) is 0 Å². The summed E-state index contributed by atoms with van der Waals surface area (Å²) >= 11 is 0. The van der Waals surface area contributed by atoms with E-state index in [-0.39, 0.29) is 0 Å². The molecular weight excluding hydrogens is 280 g/mol. The van der Waals surface area contributed by atoms with Crippen molar-refractivity contribution < 1.29 is 4.43 Å². The second-order valence-corrected chi connectivity index (χ2v) is 24.0. The van der Waals surface area contributed by atoms with Gasteiger partial charge in [-0.25, -0.2) is 0 Å². The number of hydrogen-bond acceptors (Lipinski definition) is 1. The Labute approximate surface area is 122 Å². The molecule has 1 rings (SSSR count). The van der Waals surface area contributed by atoms with Crippen LogP contribution < -0.4 is 4.43 Å². The molecule has 0 spiro atoms. The monoisotopic (exact) mass is 310 g/mol. The molecule has 108 valence electrons. The van der Waals surface area contributed by atoms with Gasteiger partial charge in [-0.2, -0.15) is 0 Å². The van der Waals surface area contributed by atoms with Crippen molar-refractivity contribution >= 4 is 23.8 Å². The molecule has 1 aromatic rings. The Bertz CT molecular complexity index is 442. The molecule has 0 saturated carbocycles. The van der Waals surface area contributed by atoms with E-state index >= 15 is 0 Å². The molecule has 0 saturated heterocycles. The molecule has 1 aromatic heterocycles. The van der Waals surface area contributed by atoms with Gasteiger partial charge in [-0.1, -0.05) is 50.8 Å². The average molecular weight is 311 g/mol. The number of hydrogen-bond donors (Lipinski definition) is 0. The van der Waals surface area contributed by atoms with Crippen LogP contribution in [0, 0.1) is 0 Å². The van der Waals surface area contributed by atoms with Crippen LogP contribution >= 0.6 is 0 Å². The molecule has 0 aliphatic carbocycles. The minimum absolute atomic E-state index is 0.624. The highest BCUT2D eigenvalue weighted by Gasteiger charge is 2.29.